The van der Waals surface area contributed by atoms with E-state index in [4.69, 9.17) is 4.74 Å². The molecule has 0 aliphatic heterocycles. The largest absolute Gasteiger partial charge is 0.506 e. The summed E-state index contributed by atoms with van der Waals surface area (Å²) < 4.78 is 18.8. The van der Waals surface area contributed by atoms with E-state index in [2.05, 4.69) is 4.98 Å². The zero-order chi connectivity index (χ0) is 19.4. The third-order valence-electron chi connectivity index (χ3n) is 4.15. The van der Waals surface area contributed by atoms with Gasteiger partial charge in [-0.25, -0.2) is 9.37 Å². The Bertz CT molecular complexity index is 1020. The Balaban J connectivity index is 1.96. The topological polar surface area (TPSA) is 76.5 Å². The molecule has 0 radical (unpaired) electrons. The number of ether oxygens (including phenoxy) is 1. The van der Waals surface area contributed by atoms with Gasteiger partial charge in [0.05, 0.1) is 18.7 Å². The molecule has 0 bridgehead atoms. The van der Waals surface area contributed by atoms with Crippen LogP contribution in [0.5, 0.6) is 5.75 Å². The Labute approximate surface area is 155 Å². The predicted molar refractivity (Wildman–Crippen MR) is 99.0 cm³/mol. The summed E-state index contributed by atoms with van der Waals surface area (Å²) in [5.41, 5.74) is 0.958. The van der Waals surface area contributed by atoms with E-state index >= 15 is 0 Å². The average molecular weight is 367 g/mol. The lowest BCUT2D eigenvalue weighted by Gasteiger charge is -2.10. The van der Waals surface area contributed by atoms with Crippen molar-refractivity contribution < 1.29 is 23.8 Å². The van der Waals surface area contributed by atoms with Crippen LogP contribution in [0.25, 0.3) is 22.0 Å². The van der Waals surface area contributed by atoms with E-state index in [1.165, 1.54) is 12.1 Å². The first-order chi connectivity index (χ1) is 13.0. The van der Waals surface area contributed by atoms with E-state index in [9.17, 15) is 19.1 Å². The second-order valence-electron chi connectivity index (χ2n) is 5.93. The summed E-state index contributed by atoms with van der Waals surface area (Å²) in [5, 5.41) is 11.1. The highest BCUT2D eigenvalue weighted by molar-refractivity contribution is 6.00. The number of aromatic hydroxyl groups is 1. The molecular formula is C21H18FNO4. The van der Waals surface area contributed by atoms with Crippen molar-refractivity contribution in [1.29, 1.82) is 0 Å². The highest BCUT2D eigenvalue weighted by Crippen LogP contribution is 2.31. The molecule has 0 amide bonds. The molecule has 5 nitrogen and oxygen atoms in total. The van der Waals surface area contributed by atoms with E-state index in [0.29, 0.717) is 22.0 Å². The molecule has 0 aliphatic rings. The molecule has 0 fully saturated rings. The van der Waals surface area contributed by atoms with Crippen LogP contribution in [-0.4, -0.2) is 28.4 Å². The van der Waals surface area contributed by atoms with Crippen LogP contribution < -0.4 is 0 Å². The predicted octanol–water partition coefficient (Wildman–Crippen LogP) is 4.27. The van der Waals surface area contributed by atoms with Gasteiger partial charge in [0, 0.05) is 17.4 Å². The molecule has 0 atom stereocenters. The van der Waals surface area contributed by atoms with Crippen molar-refractivity contribution in [2.45, 2.75) is 19.8 Å². The highest BCUT2D eigenvalue weighted by atomic mass is 19.1. The van der Waals surface area contributed by atoms with Crippen molar-refractivity contribution >= 4 is 22.5 Å². The second-order valence-corrected chi connectivity index (χ2v) is 5.93. The van der Waals surface area contributed by atoms with Gasteiger partial charge in [0.25, 0.3) is 0 Å². The molecule has 138 valence electrons. The lowest BCUT2D eigenvalue weighted by molar-refractivity contribution is -0.143. The minimum atomic E-state index is -0.481. The summed E-state index contributed by atoms with van der Waals surface area (Å²) in [6, 6.07) is 12.8. The number of benzene rings is 2. The number of rotatable bonds is 6. The van der Waals surface area contributed by atoms with Crippen LogP contribution in [0.15, 0.2) is 48.5 Å². The van der Waals surface area contributed by atoms with E-state index in [0.717, 1.165) is 0 Å². The summed E-state index contributed by atoms with van der Waals surface area (Å²) in [4.78, 5) is 28.1. The SMILES string of the molecule is CCOC(=O)CCC(=O)c1nc(-c2ccc(F)c3ccccc23)ccc1O. The number of carbonyl (C=O) groups excluding carboxylic acids is 2. The number of nitrogens with zero attached hydrogens (tertiary/aromatic N) is 1. The Morgan fingerprint density at radius 3 is 2.52 bits per heavy atom. The molecule has 0 saturated carbocycles. The number of ketones is 1. The summed E-state index contributed by atoms with van der Waals surface area (Å²) >= 11 is 0. The second kappa shape index (κ2) is 7.95. The average Bonchev–Trinajstić information content (AvgIpc) is 2.67. The summed E-state index contributed by atoms with van der Waals surface area (Å²) in [7, 11) is 0. The quantitative estimate of drug-likeness (QED) is 0.520. The van der Waals surface area contributed by atoms with Crippen LogP contribution >= 0.6 is 0 Å². The fourth-order valence-electron chi connectivity index (χ4n) is 2.86. The Morgan fingerprint density at radius 2 is 1.78 bits per heavy atom. The maximum absolute atomic E-state index is 14.0. The molecule has 1 aromatic heterocycles. The Morgan fingerprint density at radius 1 is 1.04 bits per heavy atom. The number of carbonyl (C=O) groups is 2. The molecule has 0 spiro atoms. The van der Waals surface area contributed by atoms with Gasteiger partial charge in [-0.1, -0.05) is 24.3 Å². The highest BCUT2D eigenvalue weighted by Gasteiger charge is 2.17. The summed E-state index contributed by atoms with van der Waals surface area (Å²) in [6.45, 7) is 1.92. The molecule has 3 aromatic rings. The monoisotopic (exact) mass is 367 g/mol. The summed E-state index contributed by atoms with van der Waals surface area (Å²) in [5.74, 6) is -1.56. The lowest BCUT2D eigenvalue weighted by atomic mass is 10.0. The first-order valence-corrected chi connectivity index (χ1v) is 8.57. The van der Waals surface area contributed by atoms with Crippen molar-refractivity contribution in [3.8, 4) is 17.0 Å². The van der Waals surface area contributed by atoms with Gasteiger partial charge in [-0.3, -0.25) is 9.59 Å². The molecule has 2 aromatic carbocycles. The van der Waals surface area contributed by atoms with Gasteiger partial charge in [-0.2, -0.15) is 0 Å². The van der Waals surface area contributed by atoms with Gasteiger partial charge in [-0.05, 0) is 36.6 Å². The van der Waals surface area contributed by atoms with Gasteiger partial charge in [0.15, 0.2) is 5.78 Å². The number of aromatic nitrogens is 1. The van der Waals surface area contributed by atoms with Crippen LogP contribution in [-0.2, 0) is 9.53 Å². The molecule has 6 heteroatoms. The molecule has 1 heterocycles. The van der Waals surface area contributed by atoms with Crippen LogP contribution in [0, 0.1) is 5.82 Å². The lowest BCUT2D eigenvalue weighted by Crippen LogP contribution is -2.09. The van der Waals surface area contributed by atoms with Crippen molar-refractivity contribution in [3.05, 3.63) is 60.0 Å². The number of Topliss-reactive ketones (excluding diaryl/α,β-unsaturated/α-hetero) is 1. The number of halogens is 1. The van der Waals surface area contributed by atoms with Crippen LogP contribution in [0.2, 0.25) is 0 Å². The zero-order valence-corrected chi connectivity index (χ0v) is 14.7. The van der Waals surface area contributed by atoms with Crippen molar-refractivity contribution in [2.75, 3.05) is 6.61 Å². The van der Waals surface area contributed by atoms with Gasteiger partial charge >= 0.3 is 5.97 Å². The number of hydrogen-bond donors (Lipinski definition) is 1. The number of pyridine rings is 1. The first-order valence-electron chi connectivity index (χ1n) is 8.57. The van der Waals surface area contributed by atoms with E-state index in [-0.39, 0.29) is 36.7 Å². The zero-order valence-electron chi connectivity index (χ0n) is 14.7. The molecule has 1 N–H and O–H groups in total. The summed E-state index contributed by atoms with van der Waals surface area (Å²) in [6.07, 6.45) is -0.204. The van der Waals surface area contributed by atoms with E-state index < -0.39 is 11.8 Å². The normalized spacial score (nSPS) is 10.7. The van der Waals surface area contributed by atoms with E-state index in [1.807, 2.05) is 0 Å². The van der Waals surface area contributed by atoms with Crippen molar-refractivity contribution in [1.82, 2.24) is 4.98 Å². The van der Waals surface area contributed by atoms with Crippen molar-refractivity contribution in [3.63, 3.8) is 0 Å². The minimum Gasteiger partial charge on any atom is -0.506 e. The van der Waals surface area contributed by atoms with Crippen LogP contribution in [0.3, 0.4) is 0 Å². The van der Waals surface area contributed by atoms with Gasteiger partial charge in [-0.15, -0.1) is 0 Å². The number of hydrogen-bond acceptors (Lipinski definition) is 5. The molecule has 3 rings (SSSR count). The minimum absolute atomic E-state index is 0.0858. The molecule has 27 heavy (non-hydrogen) atoms. The van der Waals surface area contributed by atoms with Crippen molar-refractivity contribution in [2.24, 2.45) is 0 Å². The van der Waals surface area contributed by atoms with Gasteiger partial charge in [0.1, 0.15) is 17.3 Å². The number of fused-ring (bicyclic) bond motifs is 1. The Kier molecular flexibility index (Phi) is 5.45. The fraction of sp³-hybridized carbons (Fsp3) is 0.190. The van der Waals surface area contributed by atoms with Crippen LogP contribution in [0.1, 0.15) is 30.3 Å². The van der Waals surface area contributed by atoms with Gasteiger partial charge in [0.2, 0.25) is 0 Å². The third kappa shape index (κ3) is 3.95. The molecular weight excluding hydrogens is 349 g/mol. The molecule has 0 saturated heterocycles. The standard InChI is InChI=1S/C21H18FNO4/c1-2-27-20(26)12-11-19(25)21-18(24)10-9-17(23-21)15-7-8-16(22)14-6-4-3-5-13(14)15/h3-10,24H,2,11-12H2,1H3. The van der Waals surface area contributed by atoms with Crippen LogP contribution in [0.4, 0.5) is 4.39 Å². The first kappa shape index (κ1) is 18.5. The molecule has 0 unspecified atom stereocenters. The Hall–Kier alpha value is -3.28. The molecule has 0 aliphatic carbocycles. The maximum Gasteiger partial charge on any atom is 0.306 e. The van der Waals surface area contributed by atoms with E-state index in [1.54, 1.807) is 43.3 Å². The number of esters is 1. The third-order valence-corrected chi connectivity index (χ3v) is 4.15. The maximum atomic E-state index is 14.0. The smallest absolute Gasteiger partial charge is 0.306 e. The van der Waals surface area contributed by atoms with Gasteiger partial charge < -0.3 is 9.84 Å². The fourth-order valence-corrected chi connectivity index (χ4v) is 2.86.